The summed E-state index contributed by atoms with van der Waals surface area (Å²) in [6.07, 6.45) is 6.27. The van der Waals surface area contributed by atoms with Crippen molar-refractivity contribution in [3.05, 3.63) is 29.8 Å². The molecule has 0 N–H and O–H groups in total. The first-order valence-corrected chi connectivity index (χ1v) is 11.2. The van der Waals surface area contributed by atoms with Crippen LogP contribution in [-0.4, -0.2) is 97.0 Å². The molecule has 2 aliphatic heterocycles. The van der Waals surface area contributed by atoms with Crippen molar-refractivity contribution < 1.29 is 14.3 Å². The van der Waals surface area contributed by atoms with E-state index >= 15 is 0 Å². The number of benzene rings is 1. The van der Waals surface area contributed by atoms with Crippen molar-refractivity contribution in [3.8, 4) is 5.75 Å². The Morgan fingerprint density at radius 3 is 2.30 bits per heavy atom. The number of likely N-dealkylation sites (tertiary alicyclic amines) is 1. The van der Waals surface area contributed by atoms with Crippen LogP contribution < -0.4 is 4.74 Å². The van der Waals surface area contributed by atoms with Crippen molar-refractivity contribution in [1.82, 2.24) is 19.6 Å². The summed E-state index contributed by atoms with van der Waals surface area (Å²) in [7, 11) is 3.82. The normalized spacial score (nSPS) is 23.3. The summed E-state index contributed by atoms with van der Waals surface area (Å²) in [6.45, 7) is 4.66. The topological polar surface area (TPSA) is 56.3 Å². The summed E-state index contributed by atoms with van der Waals surface area (Å²) in [5, 5.41) is 0. The third-order valence-corrected chi connectivity index (χ3v) is 6.71. The number of methoxy groups -OCH3 is 1. The van der Waals surface area contributed by atoms with Crippen LogP contribution in [0.4, 0.5) is 0 Å². The molecule has 1 aliphatic carbocycles. The summed E-state index contributed by atoms with van der Waals surface area (Å²) < 4.78 is 5.18. The van der Waals surface area contributed by atoms with Gasteiger partial charge in [0, 0.05) is 37.8 Å². The van der Waals surface area contributed by atoms with E-state index in [0.29, 0.717) is 11.7 Å². The van der Waals surface area contributed by atoms with Gasteiger partial charge < -0.3 is 14.5 Å². The Bertz CT molecular complexity index is 741. The minimum absolute atomic E-state index is 0.0593. The van der Waals surface area contributed by atoms with Crippen LogP contribution in [0.1, 0.15) is 42.5 Å². The van der Waals surface area contributed by atoms with Gasteiger partial charge in [0.25, 0.3) is 5.91 Å². The van der Waals surface area contributed by atoms with Crippen LogP contribution in [0.2, 0.25) is 0 Å². The maximum atomic E-state index is 13.0. The summed E-state index contributed by atoms with van der Waals surface area (Å²) in [4.78, 5) is 34.7. The average Bonchev–Trinajstić information content (AvgIpc) is 3.63. The molecule has 7 heteroatoms. The zero-order chi connectivity index (χ0) is 21.1. The number of hydrogen-bond donors (Lipinski definition) is 0. The quantitative estimate of drug-likeness (QED) is 0.712. The van der Waals surface area contributed by atoms with Gasteiger partial charge in [-0.3, -0.25) is 19.4 Å². The molecule has 2 heterocycles. The van der Waals surface area contributed by atoms with E-state index in [-0.39, 0.29) is 24.4 Å². The molecule has 0 spiro atoms. The molecule has 0 bridgehead atoms. The number of piperidine rings is 1. The van der Waals surface area contributed by atoms with Gasteiger partial charge in [0.2, 0.25) is 5.91 Å². The van der Waals surface area contributed by atoms with E-state index in [4.69, 9.17) is 4.74 Å². The smallest absolute Gasteiger partial charge is 0.254 e. The largest absolute Gasteiger partial charge is 0.497 e. The van der Waals surface area contributed by atoms with Crippen molar-refractivity contribution in [2.24, 2.45) is 0 Å². The lowest BCUT2D eigenvalue weighted by Crippen LogP contribution is -2.58. The fourth-order valence-corrected chi connectivity index (χ4v) is 4.69. The van der Waals surface area contributed by atoms with Crippen LogP contribution in [-0.2, 0) is 4.79 Å². The SMILES string of the molecule is COc1ccc(C(=O)N(CC(=O)N2CCN(C3CCCCN3C)CC2)C2CC2)cc1. The van der Waals surface area contributed by atoms with E-state index in [1.54, 1.807) is 36.3 Å². The zero-order valence-electron chi connectivity index (χ0n) is 18.3. The number of piperazine rings is 1. The molecule has 0 radical (unpaired) electrons. The third-order valence-electron chi connectivity index (χ3n) is 6.71. The highest BCUT2D eigenvalue weighted by atomic mass is 16.5. The van der Waals surface area contributed by atoms with Gasteiger partial charge in [-0.25, -0.2) is 0 Å². The summed E-state index contributed by atoms with van der Waals surface area (Å²) >= 11 is 0. The summed E-state index contributed by atoms with van der Waals surface area (Å²) in [5.41, 5.74) is 0.612. The van der Waals surface area contributed by atoms with E-state index in [0.717, 1.165) is 51.3 Å². The highest BCUT2D eigenvalue weighted by molar-refractivity contribution is 5.97. The van der Waals surface area contributed by atoms with E-state index in [2.05, 4.69) is 16.8 Å². The van der Waals surface area contributed by atoms with Crippen molar-refractivity contribution >= 4 is 11.8 Å². The number of carbonyl (C=O) groups is 2. The summed E-state index contributed by atoms with van der Waals surface area (Å²) in [6, 6.07) is 7.34. The maximum absolute atomic E-state index is 13.0. The van der Waals surface area contributed by atoms with Crippen LogP contribution in [0.15, 0.2) is 24.3 Å². The number of carbonyl (C=O) groups excluding carboxylic acids is 2. The predicted octanol–water partition coefficient (Wildman–Crippen LogP) is 1.89. The number of nitrogens with zero attached hydrogens (tertiary/aromatic N) is 4. The molecule has 164 valence electrons. The lowest BCUT2D eigenvalue weighted by atomic mass is 10.1. The minimum atomic E-state index is -0.0593. The number of amides is 2. The standard InChI is InChI=1S/C23H34N4O3/c1-24-12-4-3-5-21(24)25-13-15-26(16-14-25)22(28)17-27(19-8-9-19)23(29)18-6-10-20(30-2)11-7-18/h6-7,10-11,19,21H,3-5,8-9,12-17H2,1-2H3. The molecule has 1 aromatic carbocycles. The zero-order valence-corrected chi connectivity index (χ0v) is 18.3. The van der Waals surface area contributed by atoms with Crippen LogP contribution in [0.5, 0.6) is 5.75 Å². The molecule has 0 aromatic heterocycles. The molecule has 2 saturated heterocycles. The molecular weight excluding hydrogens is 380 g/mol. The first-order chi connectivity index (χ1) is 14.6. The van der Waals surface area contributed by atoms with Gasteiger partial charge in [-0.1, -0.05) is 0 Å². The van der Waals surface area contributed by atoms with Gasteiger partial charge in [-0.05, 0) is 70.0 Å². The fraction of sp³-hybridized carbons (Fsp3) is 0.652. The van der Waals surface area contributed by atoms with Crippen LogP contribution in [0.3, 0.4) is 0 Å². The lowest BCUT2D eigenvalue weighted by Gasteiger charge is -2.45. The second kappa shape index (κ2) is 9.35. The Hall–Kier alpha value is -2.12. The molecule has 1 saturated carbocycles. The van der Waals surface area contributed by atoms with Crippen molar-refractivity contribution in [1.29, 1.82) is 0 Å². The highest BCUT2D eigenvalue weighted by Crippen LogP contribution is 2.29. The second-order valence-corrected chi connectivity index (χ2v) is 8.77. The number of ether oxygens (including phenoxy) is 1. The maximum Gasteiger partial charge on any atom is 0.254 e. The Labute approximate surface area is 179 Å². The molecule has 3 aliphatic rings. The van der Waals surface area contributed by atoms with E-state index in [1.807, 2.05) is 4.90 Å². The van der Waals surface area contributed by atoms with Gasteiger partial charge in [0.05, 0.1) is 13.3 Å². The first kappa shape index (κ1) is 21.1. The number of hydrogen-bond acceptors (Lipinski definition) is 5. The van der Waals surface area contributed by atoms with E-state index < -0.39 is 0 Å². The van der Waals surface area contributed by atoms with Crippen LogP contribution >= 0.6 is 0 Å². The molecule has 1 unspecified atom stereocenters. The van der Waals surface area contributed by atoms with E-state index in [9.17, 15) is 9.59 Å². The molecule has 1 atom stereocenters. The van der Waals surface area contributed by atoms with Gasteiger partial charge in [-0.2, -0.15) is 0 Å². The van der Waals surface area contributed by atoms with Gasteiger partial charge in [-0.15, -0.1) is 0 Å². The third kappa shape index (κ3) is 4.78. The van der Waals surface area contributed by atoms with Gasteiger partial charge >= 0.3 is 0 Å². The Kier molecular flexibility index (Phi) is 6.58. The average molecular weight is 415 g/mol. The lowest BCUT2D eigenvalue weighted by molar-refractivity contribution is -0.135. The van der Waals surface area contributed by atoms with Gasteiger partial charge in [0.15, 0.2) is 0 Å². The molecule has 30 heavy (non-hydrogen) atoms. The molecule has 2 amide bonds. The van der Waals surface area contributed by atoms with Crippen molar-refractivity contribution in [2.75, 3.05) is 53.4 Å². The van der Waals surface area contributed by atoms with Crippen LogP contribution in [0.25, 0.3) is 0 Å². The minimum Gasteiger partial charge on any atom is -0.497 e. The van der Waals surface area contributed by atoms with Gasteiger partial charge in [0.1, 0.15) is 12.3 Å². The summed E-state index contributed by atoms with van der Waals surface area (Å²) in [5.74, 6) is 0.735. The second-order valence-electron chi connectivity index (χ2n) is 8.77. The number of rotatable bonds is 6. The fourth-order valence-electron chi connectivity index (χ4n) is 4.69. The molecule has 1 aromatic rings. The Morgan fingerprint density at radius 2 is 1.70 bits per heavy atom. The van der Waals surface area contributed by atoms with Crippen molar-refractivity contribution in [2.45, 2.75) is 44.3 Å². The van der Waals surface area contributed by atoms with Crippen LogP contribution in [0, 0.1) is 0 Å². The van der Waals surface area contributed by atoms with E-state index in [1.165, 1.54) is 19.3 Å². The first-order valence-electron chi connectivity index (χ1n) is 11.2. The highest BCUT2D eigenvalue weighted by Gasteiger charge is 2.36. The molecule has 4 rings (SSSR count). The molecular formula is C23H34N4O3. The predicted molar refractivity (Wildman–Crippen MR) is 115 cm³/mol. The molecule has 7 nitrogen and oxygen atoms in total. The molecule has 3 fully saturated rings. The Morgan fingerprint density at radius 1 is 1.00 bits per heavy atom. The van der Waals surface area contributed by atoms with Crippen molar-refractivity contribution in [3.63, 3.8) is 0 Å². The monoisotopic (exact) mass is 414 g/mol. The Balaban J connectivity index is 1.33.